The topological polar surface area (TPSA) is 9.23 Å². The summed E-state index contributed by atoms with van der Waals surface area (Å²) in [6.45, 7) is 4.44. The van der Waals surface area contributed by atoms with Gasteiger partial charge in [-0.3, -0.25) is 0 Å². The highest BCUT2D eigenvalue weighted by molar-refractivity contribution is 5.33. The SMILES string of the molecule is CC(CC(c1ccccc1)c1ccccc1)OC(C)CC(c1ccccc1)c1ccccc1. The second-order valence-corrected chi connectivity index (χ2v) is 8.98. The zero-order chi connectivity index (χ0) is 22.9. The van der Waals surface area contributed by atoms with Crippen molar-refractivity contribution in [3.8, 4) is 0 Å². The molecule has 2 atom stereocenters. The molecule has 1 nitrogen and oxygen atoms in total. The minimum atomic E-state index is 0.151. The van der Waals surface area contributed by atoms with Crippen LogP contribution in [0.15, 0.2) is 121 Å². The molecule has 0 spiro atoms. The van der Waals surface area contributed by atoms with E-state index in [4.69, 9.17) is 4.74 Å². The van der Waals surface area contributed by atoms with E-state index in [1.165, 1.54) is 22.3 Å². The van der Waals surface area contributed by atoms with Crippen molar-refractivity contribution in [2.45, 2.75) is 50.7 Å². The molecule has 4 rings (SSSR count). The van der Waals surface area contributed by atoms with Crippen molar-refractivity contribution in [1.29, 1.82) is 0 Å². The summed E-state index contributed by atoms with van der Waals surface area (Å²) in [6, 6.07) is 43.2. The van der Waals surface area contributed by atoms with Gasteiger partial charge in [-0.25, -0.2) is 0 Å². The maximum atomic E-state index is 6.60. The fraction of sp³-hybridized carbons (Fsp3) is 0.250. The Morgan fingerprint density at radius 3 is 0.909 bits per heavy atom. The Balaban J connectivity index is 1.47. The Labute approximate surface area is 199 Å². The van der Waals surface area contributed by atoms with Crippen molar-refractivity contribution in [1.82, 2.24) is 0 Å². The third-order valence-electron chi connectivity index (χ3n) is 6.41. The summed E-state index contributed by atoms with van der Waals surface area (Å²) < 4.78 is 6.60. The molecule has 0 aliphatic heterocycles. The summed E-state index contributed by atoms with van der Waals surface area (Å²) in [5, 5.41) is 0. The first-order valence-corrected chi connectivity index (χ1v) is 12.1. The van der Waals surface area contributed by atoms with Crippen LogP contribution in [0.2, 0.25) is 0 Å². The Kier molecular flexibility index (Phi) is 8.11. The number of benzene rings is 4. The van der Waals surface area contributed by atoms with E-state index >= 15 is 0 Å². The van der Waals surface area contributed by atoms with E-state index in [9.17, 15) is 0 Å². The molecule has 0 amide bonds. The van der Waals surface area contributed by atoms with Crippen molar-refractivity contribution in [3.05, 3.63) is 144 Å². The Morgan fingerprint density at radius 2 is 0.667 bits per heavy atom. The van der Waals surface area contributed by atoms with Gasteiger partial charge in [0.1, 0.15) is 0 Å². The van der Waals surface area contributed by atoms with E-state index in [2.05, 4.69) is 135 Å². The summed E-state index contributed by atoms with van der Waals surface area (Å²) in [7, 11) is 0. The molecule has 33 heavy (non-hydrogen) atoms. The van der Waals surface area contributed by atoms with E-state index < -0.39 is 0 Å². The first-order chi connectivity index (χ1) is 16.2. The lowest BCUT2D eigenvalue weighted by molar-refractivity contribution is -0.00374. The summed E-state index contributed by atoms with van der Waals surface area (Å²) in [4.78, 5) is 0. The normalized spacial score (nSPS) is 13.2. The Bertz CT molecular complexity index is 893. The van der Waals surface area contributed by atoms with Gasteiger partial charge >= 0.3 is 0 Å². The molecular formula is C32H34O. The number of ether oxygens (including phenoxy) is 1. The van der Waals surface area contributed by atoms with Gasteiger partial charge in [-0.1, -0.05) is 121 Å². The van der Waals surface area contributed by atoms with Crippen molar-refractivity contribution < 1.29 is 4.74 Å². The molecule has 0 aromatic heterocycles. The lowest BCUT2D eigenvalue weighted by Gasteiger charge is -2.27. The van der Waals surface area contributed by atoms with Crippen LogP contribution in [0.4, 0.5) is 0 Å². The highest BCUT2D eigenvalue weighted by Gasteiger charge is 2.22. The van der Waals surface area contributed by atoms with Crippen LogP contribution in [0, 0.1) is 0 Å². The van der Waals surface area contributed by atoms with Crippen LogP contribution in [0.5, 0.6) is 0 Å². The number of rotatable bonds is 10. The first-order valence-electron chi connectivity index (χ1n) is 12.1. The Hall–Kier alpha value is -3.16. The molecule has 0 bridgehead atoms. The zero-order valence-electron chi connectivity index (χ0n) is 19.7. The molecule has 0 heterocycles. The van der Waals surface area contributed by atoms with E-state index in [-0.39, 0.29) is 12.2 Å². The third-order valence-corrected chi connectivity index (χ3v) is 6.41. The molecule has 4 aromatic rings. The highest BCUT2D eigenvalue weighted by atomic mass is 16.5. The minimum absolute atomic E-state index is 0.151. The van der Waals surface area contributed by atoms with Crippen LogP contribution in [-0.2, 0) is 4.74 Å². The first kappa shape index (κ1) is 23.0. The van der Waals surface area contributed by atoms with Gasteiger partial charge in [-0.15, -0.1) is 0 Å². The maximum Gasteiger partial charge on any atom is 0.0559 e. The monoisotopic (exact) mass is 434 g/mol. The van der Waals surface area contributed by atoms with Crippen LogP contribution >= 0.6 is 0 Å². The average Bonchev–Trinajstić information content (AvgIpc) is 2.88. The van der Waals surface area contributed by atoms with Gasteiger partial charge in [0.25, 0.3) is 0 Å². The van der Waals surface area contributed by atoms with Gasteiger partial charge in [0.15, 0.2) is 0 Å². The lowest BCUT2D eigenvalue weighted by atomic mass is 9.86. The van der Waals surface area contributed by atoms with Crippen molar-refractivity contribution in [3.63, 3.8) is 0 Å². The van der Waals surface area contributed by atoms with Crippen LogP contribution < -0.4 is 0 Å². The molecule has 0 N–H and O–H groups in total. The summed E-state index contributed by atoms with van der Waals surface area (Å²) in [5.74, 6) is 0.655. The van der Waals surface area contributed by atoms with Gasteiger partial charge in [0.05, 0.1) is 12.2 Å². The molecular weight excluding hydrogens is 400 g/mol. The smallest absolute Gasteiger partial charge is 0.0559 e. The van der Waals surface area contributed by atoms with Gasteiger partial charge in [-0.2, -0.15) is 0 Å². The van der Waals surface area contributed by atoms with E-state index in [1.807, 2.05) is 0 Å². The second kappa shape index (κ2) is 11.6. The largest absolute Gasteiger partial charge is 0.375 e. The molecule has 2 unspecified atom stereocenters. The molecule has 0 radical (unpaired) electrons. The standard InChI is InChI=1S/C32H34O/c1-25(23-31(27-15-7-3-8-16-27)28-17-9-4-10-18-28)33-26(2)24-32(29-19-11-5-12-20-29)30-21-13-6-14-22-30/h3-22,25-26,31-32H,23-24H2,1-2H3. The van der Waals surface area contributed by atoms with Crippen molar-refractivity contribution >= 4 is 0 Å². The molecule has 0 aliphatic rings. The van der Waals surface area contributed by atoms with Gasteiger partial charge < -0.3 is 4.74 Å². The fourth-order valence-electron chi connectivity index (χ4n) is 4.84. The molecule has 0 saturated heterocycles. The summed E-state index contributed by atoms with van der Waals surface area (Å²) >= 11 is 0. The van der Waals surface area contributed by atoms with Gasteiger partial charge in [-0.05, 0) is 48.9 Å². The Morgan fingerprint density at radius 1 is 0.424 bits per heavy atom. The van der Waals surface area contributed by atoms with Crippen LogP contribution in [0.1, 0.15) is 60.8 Å². The average molecular weight is 435 g/mol. The van der Waals surface area contributed by atoms with Gasteiger partial charge in [0.2, 0.25) is 0 Å². The molecule has 0 aliphatic carbocycles. The highest BCUT2D eigenvalue weighted by Crippen LogP contribution is 2.33. The van der Waals surface area contributed by atoms with E-state index in [0.717, 1.165) is 12.8 Å². The van der Waals surface area contributed by atoms with Crippen LogP contribution in [0.3, 0.4) is 0 Å². The molecule has 0 fully saturated rings. The second-order valence-electron chi connectivity index (χ2n) is 8.98. The molecule has 4 aromatic carbocycles. The fourth-order valence-corrected chi connectivity index (χ4v) is 4.84. The maximum absolute atomic E-state index is 6.60. The molecule has 168 valence electrons. The minimum Gasteiger partial charge on any atom is -0.375 e. The predicted octanol–water partition coefficient (Wildman–Crippen LogP) is 8.22. The molecule has 1 heteroatoms. The summed E-state index contributed by atoms with van der Waals surface area (Å²) in [5.41, 5.74) is 5.38. The lowest BCUT2D eigenvalue weighted by Crippen LogP contribution is -2.22. The third kappa shape index (κ3) is 6.43. The number of hydrogen-bond acceptors (Lipinski definition) is 1. The summed E-state index contributed by atoms with van der Waals surface area (Å²) in [6.07, 6.45) is 2.22. The molecule has 0 saturated carbocycles. The quantitative estimate of drug-likeness (QED) is 0.244. The van der Waals surface area contributed by atoms with Crippen LogP contribution in [-0.4, -0.2) is 12.2 Å². The van der Waals surface area contributed by atoms with Crippen molar-refractivity contribution in [2.24, 2.45) is 0 Å². The number of hydrogen-bond donors (Lipinski definition) is 0. The van der Waals surface area contributed by atoms with Crippen molar-refractivity contribution in [2.75, 3.05) is 0 Å². The predicted molar refractivity (Wildman–Crippen MR) is 139 cm³/mol. The van der Waals surface area contributed by atoms with Crippen LogP contribution in [0.25, 0.3) is 0 Å². The van der Waals surface area contributed by atoms with Gasteiger partial charge in [0, 0.05) is 11.8 Å². The van der Waals surface area contributed by atoms with E-state index in [1.54, 1.807) is 0 Å². The van der Waals surface area contributed by atoms with E-state index in [0.29, 0.717) is 11.8 Å². The zero-order valence-corrected chi connectivity index (χ0v) is 19.7.